The highest BCUT2D eigenvalue weighted by Crippen LogP contribution is 2.43. The molecule has 4 heterocycles. The van der Waals surface area contributed by atoms with Gasteiger partial charge in [0.1, 0.15) is 16.8 Å². The van der Waals surface area contributed by atoms with E-state index in [0.29, 0.717) is 39.2 Å². The second kappa shape index (κ2) is 5.07. The van der Waals surface area contributed by atoms with Crippen molar-refractivity contribution in [3.05, 3.63) is 46.8 Å². The zero-order valence-electron chi connectivity index (χ0n) is 14.6. The molecular formula is C20H13N3O5. The van der Waals surface area contributed by atoms with Crippen LogP contribution in [0.1, 0.15) is 0 Å². The third kappa shape index (κ3) is 1.88. The van der Waals surface area contributed by atoms with Gasteiger partial charge in [0.05, 0.1) is 5.39 Å². The van der Waals surface area contributed by atoms with E-state index in [0.717, 1.165) is 16.5 Å². The van der Waals surface area contributed by atoms with E-state index in [9.17, 15) is 9.90 Å². The van der Waals surface area contributed by atoms with Crippen molar-refractivity contribution in [2.24, 2.45) is 7.05 Å². The molecule has 0 spiro atoms. The molecular weight excluding hydrogens is 362 g/mol. The molecule has 2 N–H and O–H groups in total. The van der Waals surface area contributed by atoms with Crippen LogP contribution >= 0.6 is 0 Å². The number of benzene rings is 2. The molecule has 1 aliphatic heterocycles. The number of nitrogens with zero attached hydrogens (tertiary/aromatic N) is 2. The van der Waals surface area contributed by atoms with Crippen LogP contribution in [-0.4, -0.2) is 26.7 Å². The summed E-state index contributed by atoms with van der Waals surface area (Å²) in [5, 5.41) is 14.7. The van der Waals surface area contributed by atoms with Crippen LogP contribution in [-0.2, 0) is 7.05 Å². The van der Waals surface area contributed by atoms with Crippen LogP contribution in [0.2, 0.25) is 0 Å². The summed E-state index contributed by atoms with van der Waals surface area (Å²) in [5.41, 5.74) is 3.28. The fourth-order valence-corrected chi connectivity index (χ4v) is 3.80. The highest BCUT2D eigenvalue weighted by Gasteiger charge is 2.23. The Morgan fingerprint density at radius 2 is 2.04 bits per heavy atom. The van der Waals surface area contributed by atoms with Crippen molar-refractivity contribution in [1.29, 1.82) is 0 Å². The fourth-order valence-electron chi connectivity index (χ4n) is 3.80. The van der Waals surface area contributed by atoms with Crippen molar-refractivity contribution in [2.45, 2.75) is 0 Å². The summed E-state index contributed by atoms with van der Waals surface area (Å²) in [7, 11) is 1.85. The van der Waals surface area contributed by atoms with Gasteiger partial charge in [0.15, 0.2) is 28.2 Å². The molecule has 8 heteroatoms. The number of nitrogens with one attached hydrogen (secondary N) is 1. The van der Waals surface area contributed by atoms with Crippen molar-refractivity contribution in [3.8, 4) is 28.4 Å². The number of H-pyrrole nitrogens is 1. The Labute approximate surface area is 156 Å². The maximum absolute atomic E-state index is 11.8. The molecule has 0 saturated carbocycles. The molecule has 28 heavy (non-hydrogen) atoms. The monoisotopic (exact) mass is 375 g/mol. The zero-order chi connectivity index (χ0) is 19.0. The van der Waals surface area contributed by atoms with Crippen LogP contribution in [0, 0.1) is 0 Å². The lowest BCUT2D eigenvalue weighted by molar-refractivity contribution is 0.174. The summed E-state index contributed by atoms with van der Waals surface area (Å²) in [6.45, 7) is 0.184. The van der Waals surface area contributed by atoms with Crippen LogP contribution in [0.25, 0.3) is 44.2 Å². The van der Waals surface area contributed by atoms with Crippen LogP contribution < -0.4 is 14.9 Å². The van der Waals surface area contributed by atoms with Gasteiger partial charge in [-0.2, -0.15) is 0 Å². The number of pyridine rings is 1. The summed E-state index contributed by atoms with van der Waals surface area (Å²) in [6, 6.07) is 8.17. The van der Waals surface area contributed by atoms with Gasteiger partial charge in [0.25, 0.3) is 0 Å². The predicted molar refractivity (Wildman–Crippen MR) is 102 cm³/mol. The number of phenolic OH excluding ortho intramolecular Hbond substituents is 1. The Kier molecular flexibility index (Phi) is 2.74. The second-order valence-electron chi connectivity index (χ2n) is 6.72. The van der Waals surface area contributed by atoms with E-state index < -0.39 is 0 Å². The Balaban J connectivity index is 1.81. The van der Waals surface area contributed by atoms with Gasteiger partial charge in [-0.1, -0.05) is 6.07 Å². The number of hydrogen-bond donors (Lipinski definition) is 2. The van der Waals surface area contributed by atoms with Crippen molar-refractivity contribution in [3.63, 3.8) is 0 Å². The summed E-state index contributed by atoms with van der Waals surface area (Å²) in [4.78, 5) is 16.5. The van der Waals surface area contributed by atoms with E-state index in [2.05, 4.69) is 5.10 Å². The largest absolute Gasteiger partial charge is 0.507 e. The first-order chi connectivity index (χ1) is 13.6. The zero-order valence-corrected chi connectivity index (χ0v) is 14.6. The molecule has 6 rings (SSSR count). The number of aromatic nitrogens is 3. The van der Waals surface area contributed by atoms with Crippen molar-refractivity contribution in [2.75, 3.05) is 6.79 Å². The van der Waals surface area contributed by atoms with Gasteiger partial charge in [-0.25, -0.2) is 4.98 Å². The minimum atomic E-state index is -0.327. The Bertz CT molecular complexity index is 1490. The van der Waals surface area contributed by atoms with Gasteiger partial charge >= 0.3 is 0 Å². The van der Waals surface area contributed by atoms with Crippen molar-refractivity contribution >= 4 is 33.1 Å². The van der Waals surface area contributed by atoms with Crippen LogP contribution in [0.4, 0.5) is 0 Å². The van der Waals surface area contributed by atoms with E-state index in [1.54, 1.807) is 4.68 Å². The van der Waals surface area contributed by atoms with Crippen LogP contribution in [0.5, 0.6) is 17.2 Å². The van der Waals surface area contributed by atoms with Gasteiger partial charge in [-0.05, 0) is 17.7 Å². The highest BCUT2D eigenvalue weighted by atomic mass is 16.7. The van der Waals surface area contributed by atoms with Crippen molar-refractivity contribution in [1.82, 2.24) is 14.8 Å². The normalized spacial score (nSPS) is 13.2. The molecule has 0 aliphatic carbocycles. The third-order valence-corrected chi connectivity index (χ3v) is 5.06. The number of hydrogen-bond acceptors (Lipinski definition) is 6. The molecule has 0 atom stereocenters. The molecule has 3 aromatic heterocycles. The van der Waals surface area contributed by atoms with E-state index in [1.165, 1.54) is 12.1 Å². The van der Waals surface area contributed by atoms with E-state index >= 15 is 0 Å². The minimum absolute atomic E-state index is 0.150. The van der Waals surface area contributed by atoms with Gasteiger partial charge < -0.3 is 24.1 Å². The molecule has 0 bridgehead atoms. The summed E-state index contributed by atoms with van der Waals surface area (Å²) < 4.78 is 18.7. The quantitative estimate of drug-likeness (QED) is 0.466. The number of rotatable bonds is 1. The Morgan fingerprint density at radius 3 is 2.93 bits per heavy atom. The summed E-state index contributed by atoms with van der Waals surface area (Å²) in [5.74, 6) is 1.18. The number of fused-ring (bicyclic) bond motifs is 5. The smallest absolute Gasteiger partial charge is 0.231 e. The molecule has 0 saturated heterocycles. The average molecular weight is 375 g/mol. The number of phenols is 1. The fraction of sp³-hybridized carbons (Fsp3) is 0.100. The number of furan rings is 1. The maximum Gasteiger partial charge on any atom is 0.231 e. The lowest BCUT2D eigenvalue weighted by Gasteiger charge is -2.06. The molecule has 2 aromatic carbocycles. The first-order valence-corrected chi connectivity index (χ1v) is 8.63. The number of aromatic hydroxyl groups is 1. The summed E-state index contributed by atoms with van der Waals surface area (Å²) >= 11 is 0. The third-order valence-electron chi connectivity index (χ3n) is 5.06. The Hall–Kier alpha value is -3.94. The number of aromatic amines is 1. The molecule has 0 radical (unpaired) electrons. The van der Waals surface area contributed by atoms with Gasteiger partial charge in [0.2, 0.25) is 6.79 Å². The molecule has 138 valence electrons. The lowest BCUT2D eigenvalue weighted by atomic mass is 10.0. The van der Waals surface area contributed by atoms with E-state index in [1.807, 2.05) is 31.4 Å². The lowest BCUT2D eigenvalue weighted by Crippen LogP contribution is -1.95. The predicted octanol–water partition coefficient (Wildman–Crippen LogP) is 3.26. The number of ether oxygens (including phenoxy) is 2. The average Bonchev–Trinajstić information content (AvgIpc) is 3.36. The molecule has 0 unspecified atom stereocenters. The molecule has 1 aliphatic rings. The molecule has 5 aromatic rings. The molecule has 0 amide bonds. The Morgan fingerprint density at radius 1 is 1.18 bits per heavy atom. The van der Waals surface area contributed by atoms with E-state index in [4.69, 9.17) is 18.9 Å². The molecule has 0 fully saturated rings. The SMILES string of the molecule is Cn1[nH]cc2c(-c3ccc4c(c3)OCO4)c3oc4cc(=O)cc(O)c4c3nc21. The summed E-state index contributed by atoms with van der Waals surface area (Å²) in [6.07, 6.45) is 1.84. The second-order valence-corrected chi connectivity index (χ2v) is 6.72. The van der Waals surface area contributed by atoms with Gasteiger partial charge in [-0.15, -0.1) is 0 Å². The number of aryl methyl sites for hydroxylation is 1. The minimum Gasteiger partial charge on any atom is -0.507 e. The van der Waals surface area contributed by atoms with Gasteiger partial charge in [0, 0.05) is 36.3 Å². The first-order valence-electron chi connectivity index (χ1n) is 8.63. The van der Waals surface area contributed by atoms with Crippen molar-refractivity contribution < 1.29 is 19.0 Å². The van der Waals surface area contributed by atoms with Crippen LogP contribution in [0.3, 0.4) is 0 Å². The topological polar surface area (TPSA) is 103 Å². The standard InChI is InChI=1S/C20H13N3O5/c1-23-20-11(7-21-23)16(9-2-3-13-14(4-9)27-8-26-13)19-18(22-20)17-12(25)5-10(24)6-15(17)28-19/h2-7,21,25H,8H2,1H3. The van der Waals surface area contributed by atoms with Gasteiger partial charge in [-0.3, -0.25) is 9.48 Å². The highest BCUT2D eigenvalue weighted by molar-refractivity contribution is 6.16. The maximum atomic E-state index is 11.8. The van der Waals surface area contributed by atoms with E-state index in [-0.39, 0.29) is 18.0 Å². The molecule has 8 nitrogen and oxygen atoms in total. The van der Waals surface area contributed by atoms with Crippen LogP contribution in [0.15, 0.2) is 45.7 Å². The first kappa shape index (κ1) is 15.2.